The van der Waals surface area contributed by atoms with Gasteiger partial charge in [0.1, 0.15) is 0 Å². The first-order valence-corrected chi connectivity index (χ1v) is 11.9. The number of carbonyl (C=O) groups excluding carboxylic acids is 1. The van der Waals surface area contributed by atoms with Crippen molar-refractivity contribution in [3.63, 3.8) is 0 Å². The second-order valence-corrected chi connectivity index (χ2v) is 9.24. The average molecular weight is 437 g/mol. The van der Waals surface area contributed by atoms with Gasteiger partial charge in [0, 0.05) is 12.1 Å². The molecule has 3 rings (SSSR count). The van der Waals surface area contributed by atoms with Crippen molar-refractivity contribution < 1.29 is 13.2 Å². The lowest BCUT2D eigenvalue weighted by molar-refractivity contribution is 0.0935. The van der Waals surface area contributed by atoms with E-state index >= 15 is 0 Å². The largest absolute Gasteiger partial charge is 0.345 e. The Hall–Kier alpha value is -3.12. The van der Waals surface area contributed by atoms with Gasteiger partial charge < -0.3 is 5.32 Å². The molecule has 0 heterocycles. The Morgan fingerprint density at radius 1 is 0.903 bits per heavy atom. The van der Waals surface area contributed by atoms with Gasteiger partial charge in [0.15, 0.2) is 0 Å². The van der Waals surface area contributed by atoms with Crippen molar-refractivity contribution in [2.75, 3.05) is 10.8 Å². The molecule has 0 unspecified atom stereocenters. The van der Waals surface area contributed by atoms with Gasteiger partial charge in [0.05, 0.1) is 16.6 Å². The molecule has 0 spiro atoms. The monoisotopic (exact) mass is 436 g/mol. The molecule has 0 aromatic heterocycles. The summed E-state index contributed by atoms with van der Waals surface area (Å²) in [5.74, 6) is -0.187. The van der Waals surface area contributed by atoms with Crippen molar-refractivity contribution in [1.82, 2.24) is 5.32 Å². The van der Waals surface area contributed by atoms with Crippen LogP contribution < -0.4 is 9.62 Å². The van der Waals surface area contributed by atoms with E-state index in [1.165, 1.54) is 9.87 Å². The highest BCUT2D eigenvalue weighted by molar-refractivity contribution is 7.92. The molecule has 0 aliphatic rings. The van der Waals surface area contributed by atoms with Crippen molar-refractivity contribution in [2.45, 2.75) is 38.1 Å². The molecule has 0 saturated carbocycles. The van der Waals surface area contributed by atoms with E-state index < -0.39 is 10.0 Å². The molecule has 0 aliphatic carbocycles. The Balaban J connectivity index is 1.78. The molecule has 6 heteroatoms. The average Bonchev–Trinajstić information content (AvgIpc) is 2.79. The summed E-state index contributed by atoms with van der Waals surface area (Å²) in [4.78, 5) is 13.0. The molecule has 0 bridgehead atoms. The standard InChI is InChI=1S/C25H28N2O3S/c1-4-24(20-13-11-19(3)12-14-20)26-25(28)21-15-17-22(18-16-21)27(5-2)31(29,30)23-9-7-6-8-10-23/h6-18,24H,4-5H2,1-3H3,(H,26,28)/t24-/m1/s1. The highest BCUT2D eigenvalue weighted by Gasteiger charge is 2.23. The summed E-state index contributed by atoms with van der Waals surface area (Å²) >= 11 is 0. The lowest BCUT2D eigenvalue weighted by Gasteiger charge is -2.23. The van der Waals surface area contributed by atoms with Crippen molar-refractivity contribution >= 4 is 21.6 Å². The zero-order valence-corrected chi connectivity index (χ0v) is 18.9. The maximum absolute atomic E-state index is 13.0. The van der Waals surface area contributed by atoms with Gasteiger partial charge in [-0.2, -0.15) is 0 Å². The number of benzene rings is 3. The Morgan fingerprint density at radius 3 is 2.06 bits per heavy atom. The van der Waals surface area contributed by atoms with Gasteiger partial charge in [-0.3, -0.25) is 9.10 Å². The predicted molar refractivity (Wildman–Crippen MR) is 125 cm³/mol. The van der Waals surface area contributed by atoms with Gasteiger partial charge in [-0.1, -0.05) is 55.0 Å². The Bertz CT molecular complexity index is 1110. The van der Waals surface area contributed by atoms with Crippen LogP contribution in [0.4, 0.5) is 5.69 Å². The SMILES string of the molecule is CC[C@@H](NC(=O)c1ccc(N(CC)S(=O)(=O)c2ccccc2)cc1)c1ccc(C)cc1. The van der Waals surface area contributed by atoms with Gasteiger partial charge >= 0.3 is 0 Å². The number of rotatable bonds is 8. The Morgan fingerprint density at radius 2 is 1.52 bits per heavy atom. The van der Waals surface area contributed by atoms with Gasteiger partial charge in [0.2, 0.25) is 0 Å². The normalized spacial score (nSPS) is 12.2. The van der Waals surface area contributed by atoms with Crippen LogP contribution in [0.3, 0.4) is 0 Å². The lowest BCUT2D eigenvalue weighted by Crippen LogP contribution is -2.31. The Labute approximate surface area is 184 Å². The summed E-state index contributed by atoms with van der Waals surface area (Å²) in [6.45, 7) is 6.13. The van der Waals surface area contributed by atoms with Gasteiger partial charge in [-0.15, -0.1) is 0 Å². The maximum atomic E-state index is 13.0. The Kier molecular flexibility index (Phi) is 7.13. The molecule has 1 amide bonds. The molecule has 3 aromatic rings. The van der Waals surface area contributed by atoms with E-state index in [-0.39, 0.29) is 23.4 Å². The summed E-state index contributed by atoms with van der Waals surface area (Å²) in [7, 11) is -3.67. The van der Waals surface area contributed by atoms with Crippen molar-refractivity contribution in [1.29, 1.82) is 0 Å². The number of hydrogen-bond acceptors (Lipinski definition) is 3. The number of nitrogens with zero attached hydrogens (tertiary/aromatic N) is 1. The fourth-order valence-electron chi connectivity index (χ4n) is 3.45. The lowest BCUT2D eigenvalue weighted by atomic mass is 10.0. The van der Waals surface area contributed by atoms with Crippen LogP contribution in [0, 0.1) is 6.92 Å². The number of hydrogen-bond donors (Lipinski definition) is 1. The quantitative estimate of drug-likeness (QED) is 0.535. The van der Waals surface area contributed by atoms with E-state index in [0.717, 1.165) is 12.0 Å². The number of aryl methyl sites for hydroxylation is 1. The summed E-state index contributed by atoms with van der Waals surface area (Å²) in [6.07, 6.45) is 0.770. The molecule has 0 fully saturated rings. The van der Waals surface area contributed by atoms with Crippen LogP contribution in [0.25, 0.3) is 0 Å². The molecule has 162 valence electrons. The van der Waals surface area contributed by atoms with Crippen LogP contribution >= 0.6 is 0 Å². The predicted octanol–water partition coefficient (Wildman–Crippen LogP) is 5.09. The van der Waals surface area contributed by atoms with Crippen LogP contribution in [-0.2, 0) is 10.0 Å². The first kappa shape index (κ1) is 22.6. The number of amides is 1. The van der Waals surface area contributed by atoms with E-state index in [1.807, 2.05) is 38.1 Å². The fraction of sp³-hybridized carbons (Fsp3) is 0.240. The van der Waals surface area contributed by atoms with E-state index in [0.29, 0.717) is 11.3 Å². The highest BCUT2D eigenvalue weighted by Crippen LogP contribution is 2.24. The third kappa shape index (κ3) is 5.14. The zero-order valence-electron chi connectivity index (χ0n) is 18.1. The minimum Gasteiger partial charge on any atom is -0.345 e. The molecule has 0 radical (unpaired) electrons. The van der Waals surface area contributed by atoms with Gasteiger partial charge in [-0.25, -0.2) is 8.42 Å². The smallest absolute Gasteiger partial charge is 0.264 e. The third-order valence-corrected chi connectivity index (χ3v) is 7.15. The molecule has 1 atom stereocenters. The zero-order chi connectivity index (χ0) is 22.4. The summed E-state index contributed by atoms with van der Waals surface area (Å²) < 4.78 is 27.3. The minimum atomic E-state index is -3.67. The van der Waals surface area contributed by atoms with Crippen LogP contribution in [0.5, 0.6) is 0 Å². The molecule has 0 saturated heterocycles. The van der Waals surface area contributed by atoms with Gasteiger partial charge in [-0.05, 0) is 62.2 Å². The van der Waals surface area contributed by atoms with Crippen LogP contribution in [0.15, 0.2) is 83.8 Å². The second kappa shape index (κ2) is 9.79. The third-order valence-electron chi connectivity index (χ3n) is 5.23. The molecule has 1 N–H and O–H groups in total. The van der Waals surface area contributed by atoms with E-state index in [4.69, 9.17) is 0 Å². The van der Waals surface area contributed by atoms with Crippen molar-refractivity contribution in [3.05, 3.63) is 95.6 Å². The highest BCUT2D eigenvalue weighted by atomic mass is 32.2. The van der Waals surface area contributed by atoms with Crippen molar-refractivity contribution in [3.8, 4) is 0 Å². The minimum absolute atomic E-state index is 0.0848. The van der Waals surface area contributed by atoms with Crippen molar-refractivity contribution in [2.24, 2.45) is 0 Å². The van der Waals surface area contributed by atoms with Crippen LogP contribution in [-0.4, -0.2) is 20.9 Å². The summed E-state index contributed by atoms with van der Waals surface area (Å²) in [6, 6.07) is 23.0. The molecule has 0 aliphatic heterocycles. The van der Waals surface area contributed by atoms with Gasteiger partial charge in [0.25, 0.3) is 15.9 Å². The topological polar surface area (TPSA) is 66.5 Å². The molecular weight excluding hydrogens is 408 g/mol. The second-order valence-electron chi connectivity index (χ2n) is 7.37. The molecule has 3 aromatic carbocycles. The first-order valence-electron chi connectivity index (χ1n) is 10.4. The molecule has 5 nitrogen and oxygen atoms in total. The van der Waals surface area contributed by atoms with E-state index in [1.54, 1.807) is 61.5 Å². The van der Waals surface area contributed by atoms with E-state index in [2.05, 4.69) is 5.32 Å². The number of anilines is 1. The number of sulfonamides is 1. The molecular formula is C25H28N2O3S. The van der Waals surface area contributed by atoms with Crippen LogP contribution in [0.2, 0.25) is 0 Å². The maximum Gasteiger partial charge on any atom is 0.264 e. The summed E-state index contributed by atoms with van der Waals surface area (Å²) in [5, 5.41) is 3.07. The van der Waals surface area contributed by atoms with Crippen LogP contribution in [0.1, 0.15) is 47.8 Å². The fourth-order valence-corrected chi connectivity index (χ4v) is 4.95. The number of carbonyl (C=O) groups is 1. The summed E-state index contributed by atoms with van der Waals surface area (Å²) in [5.41, 5.74) is 3.24. The van der Waals surface area contributed by atoms with E-state index in [9.17, 15) is 13.2 Å². The molecule has 31 heavy (non-hydrogen) atoms. The number of nitrogens with one attached hydrogen (secondary N) is 1. The first-order chi connectivity index (χ1) is 14.9.